The number of nitrogens with zero attached hydrogens (tertiary/aromatic N) is 6. The van der Waals surface area contributed by atoms with Crippen molar-refractivity contribution in [3.63, 3.8) is 0 Å². The average Bonchev–Trinajstić information content (AvgIpc) is 3.11. The van der Waals surface area contributed by atoms with Gasteiger partial charge in [0.1, 0.15) is 5.69 Å². The molecule has 9 heteroatoms. The highest BCUT2D eigenvalue weighted by Gasteiger charge is 2.26. The van der Waals surface area contributed by atoms with E-state index in [4.69, 9.17) is 0 Å². The van der Waals surface area contributed by atoms with E-state index in [1.165, 1.54) is 17.4 Å². The van der Waals surface area contributed by atoms with Crippen molar-refractivity contribution in [3.05, 3.63) is 22.1 Å². The number of hydrogen-bond acceptors (Lipinski definition) is 7. The first-order chi connectivity index (χ1) is 13.0. The van der Waals surface area contributed by atoms with Gasteiger partial charge in [-0.2, -0.15) is 9.50 Å². The minimum absolute atomic E-state index is 0.135. The van der Waals surface area contributed by atoms with Crippen molar-refractivity contribution >= 4 is 27.3 Å². The molecule has 0 bridgehead atoms. The van der Waals surface area contributed by atoms with E-state index >= 15 is 0 Å². The van der Waals surface area contributed by atoms with Crippen LogP contribution in [0.4, 0.5) is 5.13 Å². The highest BCUT2D eigenvalue weighted by molar-refractivity contribution is 7.20. The summed E-state index contributed by atoms with van der Waals surface area (Å²) >= 11 is 1.39. The molecule has 0 spiro atoms. The second-order valence-corrected chi connectivity index (χ2v) is 8.39. The van der Waals surface area contributed by atoms with Gasteiger partial charge < -0.3 is 14.7 Å². The van der Waals surface area contributed by atoms with Crippen molar-refractivity contribution in [1.82, 2.24) is 24.4 Å². The fourth-order valence-corrected chi connectivity index (χ4v) is 4.67. The van der Waals surface area contributed by atoms with Gasteiger partial charge in [-0.1, -0.05) is 25.2 Å². The van der Waals surface area contributed by atoms with Gasteiger partial charge in [0.25, 0.3) is 11.5 Å². The van der Waals surface area contributed by atoms with Gasteiger partial charge in [0, 0.05) is 45.3 Å². The number of amides is 1. The average molecular weight is 391 g/mol. The van der Waals surface area contributed by atoms with E-state index in [2.05, 4.69) is 33.7 Å². The lowest BCUT2D eigenvalue weighted by molar-refractivity contribution is 0.0634. The fraction of sp³-hybridized carbons (Fsp3) is 0.667. The number of aromatic nitrogens is 3. The Morgan fingerprint density at radius 3 is 2.56 bits per heavy atom. The van der Waals surface area contributed by atoms with Gasteiger partial charge in [0.2, 0.25) is 10.1 Å². The summed E-state index contributed by atoms with van der Waals surface area (Å²) in [6, 6.07) is 1.32. The van der Waals surface area contributed by atoms with Crippen molar-refractivity contribution in [2.75, 3.05) is 50.7 Å². The van der Waals surface area contributed by atoms with Crippen LogP contribution in [0.2, 0.25) is 0 Å². The molecule has 2 fully saturated rings. The number of carbonyl (C=O) groups excluding carboxylic acids is 1. The topological polar surface area (TPSA) is 74.1 Å². The predicted octanol–water partition coefficient (Wildman–Crippen LogP) is 1.17. The zero-order chi connectivity index (χ0) is 19.0. The molecule has 1 amide bonds. The minimum Gasteiger partial charge on any atom is -0.347 e. The monoisotopic (exact) mass is 390 g/mol. The van der Waals surface area contributed by atoms with Gasteiger partial charge in [0.05, 0.1) is 0 Å². The molecule has 0 unspecified atom stereocenters. The molecule has 0 N–H and O–H groups in total. The van der Waals surface area contributed by atoms with Crippen LogP contribution >= 0.6 is 11.3 Å². The lowest BCUT2D eigenvalue weighted by Crippen LogP contribution is -2.49. The molecule has 0 radical (unpaired) electrons. The van der Waals surface area contributed by atoms with Crippen LogP contribution in [-0.2, 0) is 0 Å². The molecular weight excluding hydrogens is 364 g/mol. The largest absolute Gasteiger partial charge is 0.347 e. The van der Waals surface area contributed by atoms with Crippen molar-refractivity contribution < 1.29 is 4.79 Å². The van der Waals surface area contributed by atoms with Crippen LogP contribution in [0.1, 0.15) is 37.2 Å². The Morgan fingerprint density at radius 2 is 1.89 bits per heavy atom. The first-order valence-corrected chi connectivity index (χ1v) is 10.5. The van der Waals surface area contributed by atoms with Crippen LogP contribution in [0.3, 0.4) is 0 Å². The Morgan fingerprint density at radius 1 is 1.19 bits per heavy atom. The van der Waals surface area contributed by atoms with Crippen molar-refractivity contribution in [3.8, 4) is 0 Å². The van der Waals surface area contributed by atoms with Gasteiger partial charge in [-0.15, -0.1) is 5.10 Å². The molecule has 2 aromatic heterocycles. The first kappa shape index (κ1) is 18.4. The Kier molecular flexibility index (Phi) is 5.14. The van der Waals surface area contributed by atoms with Crippen molar-refractivity contribution in [2.45, 2.75) is 26.7 Å². The summed E-state index contributed by atoms with van der Waals surface area (Å²) in [5, 5.41) is 5.49. The second kappa shape index (κ2) is 7.55. The Bertz CT molecular complexity index is 878. The molecule has 8 nitrogen and oxygen atoms in total. The third kappa shape index (κ3) is 3.70. The summed E-state index contributed by atoms with van der Waals surface area (Å²) < 4.78 is 1.56. The molecule has 2 aliphatic heterocycles. The summed E-state index contributed by atoms with van der Waals surface area (Å²) in [6.45, 7) is 10.4. The fourth-order valence-electron chi connectivity index (χ4n) is 3.71. The van der Waals surface area contributed by atoms with E-state index in [1.54, 1.807) is 4.52 Å². The molecule has 2 aliphatic rings. The van der Waals surface area contributed by atoms with Crippen molar-refractivity contribution in [2.24, 2.45) is 5.92 Å². The van der Waals surface area contributed by atoms with Crippen LogP contribution in [0.5, 0.6) is 0 Å². The second-order valence-electron chi connectivity index (χ2n) is 7.45. The molecule has 27 heavy (non-hydrogen) atoms. The van der Waals surface area contributed by atoms with E-state index in [0.29, 0.717) is 23.7 Å². The number of fused-ring (bicyclic) bond motifs is 1. The summed E-state index contributed by atoms with van der Waals surface area (Å²) in [7, 11) is 0. The molecule has 4 rings (SSSR count). The van der Waals surface area contributed by atoms with E-state index in [9.17, 15) is 9.59 Å². The van der Waals surface area contributed by atoms with Crippen molar-refractivity contribution in [1.29, 1.82) is 0 Å². The molecular formula is C18H26N6O2S. The maximum Gasteiger partial charge on any atom is 0.274 e. The molecule has 0 aliphatic carbocycles. The number of piperidine rings is 1. The zero-order valence-electron chi connectivity index (χ0n) is 15.9. The summed E-state index contributed by atoms with van der Waals surface area (Å²) in [5.74, 6) is 0.595. The number of hydrogen-bond donors (Lipinski definition) is 0. The van der Waals surface area contributed by atoms with E-state index in [-0.39, 0.29) is 11.5 Å². The SMILES string of the molecule is CCN1CCN(C(=O)c2cc(=O)nc3sc(N4CCC(C)CC4)nn23)CC1. The predicted molar refractivity (Wildman–Crippen MR) is 106 cm³/mol. The van der Waals surface area contributed by atoms with Crippen LogP contribution < -0.4 is 10.5 Å². The Balaban J connectivity index is 1.62. The van der Waals surface area contributed by atoms with E-state index < -0.39 is 0 Å². The summed E-state index contributed by atoms with van der Waals surface area (Å²) in [5.41, 5.74) is -0.0594. The molecule has 2 saturated heterocycles. The molecule has 146 valence electrons. The summed E-state index contributed by atoms with van der Waals surface area (Å²) in [6.07, 6.45) is 2.27. The minimum atomic E-state index is -0.381. The highest BCUT2D eigenvalue weighted by Crippen LogP contribution is 2.27. The molecule has 0 aromatic carbocycles. The van der Waals surface area contributed by atoms with Crippen LogP contribution in [-0.4, -0.2) is 76.1 Å². The van der Waals surface area contributed by atoms with Gasteiger partial charge in [-0.05, 0) is 25.3 Å². The quantitative estimate of drug-likeness (QED) is 0.783. The number of carbonyl (C=O) groups is 1. The first-order valence-electron chi connectivity index (χ1n) is 9.72. The molecule has 0 saturated carbocycles. The third-order valence-corrected chi connectivity index (χ3v) is 6.59. The maximum atomic E-state index is 13.1. The van der Waals surface area contributed by atoms with Crippen LogP contribution in [0, 0.1) is 5.92 Å². The number of anilines is 1. The molecule has 0 atom stereocenters. The van der Waals surface area contributed by atoms with Gasteiger partial charge >= 0.3 is 0 Å². The van der Waals surface area contributed by atoms with Crippen LogP contribution in [0.25, 0.3) is 4.96 Å². The zero-order valence-corrected chi connectivity index (χ0v) is 16.7. The smallest absolute Gasteiger partial charge is 0.274 e. The summed E-state index contributed by atoms with van der Waals surface area (Å²) in [4.78, 5) is 36.1. The van der Waals surface area contributed by atoms with E-state index in [0.717, 1.165) is 56.6 Å². The van der Waals surface area contributed by atoms with Gasteiger partial charge in [-0.25, -0.2) is 0 Å². The highest BCUT2D eigenvalue weighted by atomic mass is 32.1. The molecule has 4 heterocycles. The maximum absolute atomic E-state index is 13.1. The normalized spacial score (nSPS) is 19.8. The van der Waals surface area contributed by atoms with E-state index in [1.807, 2.05) is 4.90 Å². The number of likely N-dealkylation sites (N-methyl/N-ethyl adjacent to an activating group) is 1. The Hall–Kier alpha value is -2.00. The third-order valence-electron chi connectivity index (χ3n) is 5.62. The lowest BCUT2D eigenvalue weighted by atomic mass is 10.00. The standard InChI is InChI=1S/C18H26N6O2S/c1-3-21-8-10-22(11-9-21)16(26)14-12-15(25)19-17-24(14)20-18(27-17)23-6-4-13(2)5-7-23/h12-13H,3-11H2,1-2H3. The number of rotatable bonds is 3. The number of piperazine rings is 1. The molecule has 2 aromatic rings. The lowest BCUT2D eigenvalue weighted by Gasteiger charge is -2.33. The van der Waals surface area contributed by atoms with Gasteiger partial charge in [-0.3, -0.25) is 9.59 Å². The van der Waals surface area contributed by atoms with Crippen LogP contribution in [0.15, 0.2) is 10.9 Å². The van der Waals surface area contributed by atoms with Gasteiger partial charge in [0.15, 0.2) is 0 Å². The Labute approximate surface area is 162 Å².